The van der Waals surface area contributed by atoms with Crippen LogP contribution in [0.1, 0.15) is 29.6 Å². The van der Waals surface area contributed by atoms with Crippen LogP contribution in [0.15, 0.2) is 23.1 Å². The average Bonchev–Trinajstić information content (AvgIpc) is 3.23. The van der Waals surface area contributed by atoms with Gasteiger partial charge in [0.25, 0.3) is 0 Å². The number of nitrogens with two attached hydrogens (primary N) is 1. The quantitative estimate of drug-likeness (QED) is 0.756. The molecule has 8 heteroatoms. The summed E-state index contributed by atoms with van der Waals surface area (Å²) in [6.45, 7) is 0.0624. The van der Waals surface area contributed by atoms with E-state index in [0.29, 0.717) is 0 Å². The Morgan fingerprint density at radius 1 is 1.48 bits per heavy atom. The minimum atomic E-state index is -3.96. The minimum Gasteiger partial charge on any atom is -0.478 e. The minimum absolute atomic E-state index is 0.0624. The number of anilines is 1. The fourth-order valence-corrected chi connectivity index (χ4v) is 3.94. The van der Waals surface area contributed by atoms with E-state index in [1.165, 1.54) is 16.4 Å². The molecule has 1 fully saturated rings. The number of carboxylic acid groups (broad SMARTS) is 1. The van der Waals surface area contributed by atoms with E-state index in [1.54, 1.807) is 0 Å². The molecule has 2 rings (SSSR count). The number of nitrogen functional groups attached to an aromatic ring is 1. The molecular formula is C13H15N3O4S. The van der Waals surface area contributed by atoms with Crippen molar-refractivity contribution in [1.29, 1.82) is 5.26 Å². The molecule has 0 spiro atoms. The fraction of sp³-hybridized carbons (Fsp3) is 0.385. The summed E-state index contributed by atoms with van der Waals surface area (Å²) in [5, 5.41) is 17.8. The van der Waals surface area contributed by atoms with Crippen molar-refractivity contribution in [2.45, 2.75) is 30.2 Å². The van der Waals surface area contributed by atoms with Gasteiger partial charge < -0.3 is 10.8 Å². The van der Waals surface area contributed by atoms with Gasteiger partial charge in [-0.25, -0.2) is 13.2 Å². The molecule has 1 aliphatic carbocycles. The van der Waals surface area contributed by atoms with Crippen molar-refractivity contribution in [3.63, 3.8) is 0 Å². The van der Waals surface area contributed by atoms with E-state index in [0.717, 1.165) is 18.9 Å². The number of sulfonamides is 1. The highest BCUT2D eigenvalue weighted by Crippen LogP contribution is 2.33. The number of aromatic carboxylic acids is 1. The number of carbonyl (C=O) groups is 1. The van der Waals surface area contributed by atoms with E-state index in [1.807, 2.05) is 6.07 Å². The normalized spacial score (nSPS) is 14.9. The predicted octanol–water partition coefficient (Wildman–Crippen LogP) is 1.03. The number of carboxylic acids is 1. The topological polar surface area (TPSA) is 124 Å². The van der Waals surface area contributed by atoms with Gasteiger partial charge in [0.15, 0.2) is 0 Å². The Morgan fingerprint density at radius 2 is 2.14 bits per heavy atom. The summed E-state index contributed by atoms with van der Waals surface area (Å²) in [5.41, 5.74) is 5.35. The summed E-state index contributed by atoms with van der Waals surface area (Å²) in [4.78, 5) is 11.0. The monoisotopic (exact) mass is 309 g/mol. The van der Waals surface area contributed by atoms with Crippen molar-refractivity contribution in [2.75, 3.05) is 12.3 Å². The molecule has 0 aliphatic heterocycles. The first kappa shape index (κ1) is 15.3. The third kappa shape index (κ3) is 3.15. The van der Waals surface area contributed by atoms with E-state index in [9.17, 15) is 18.3 Å². The maximum Gasteiger partial charge on any atom is 0.337 e. The smallest absolute Gasteiger partial charge is 0.337 e. The van der Waals surface area contributed by atoms with E-state index in [-0.39, 0.29) is 35.2 Å². The van der Waals surface area contributed by atoms with E-state index in [2.05, 4.69) is 0 Å². The molecule has 0 amide bonds. The molecule has 0 atom stereocenters. The van der Waals surface area contributed by atoms with Crippen LogP contribution in [-0.2, 0) is 10.0 Å². The number of nitrogens with zero attached hydrogens (tertiary/aromatic N) is 2. The molecule has 0 bridgehead atoms. The van der Waals surface area contributed by atoms with Crippen molar-refractivity contribution in [3.8, 4) is 6.07 Å². The van der Waals surface area contributed by atoms with Crippen LogP contribution in [0.3, 0.4) is 0 Å². The van der Waals surface area contributed by atoms with E-state index in [4.69, 9.17) is 11.0 Å². The van der Waals surface area contributed by atoms with Crippen LogP contribution in [0, 0.1) is 11.3 Å². The second-order valence-electron chi connectivity index (χ2n) is 4.82. The highest BCUT2D eigenvalue weighted by Gasteiger charge is 2.39. The van der Waals surface area contributed by atoms with Crippen LogP contribution in [0.4, 0.5) is 5.69 Å². The molecular weight excluding hydrogens is 294 g/mol. The van der Waals surface area contributed by atoms with Gasteiger partial charge in [-0.05, 0) is 31.0 Å². The molecule has 21 heavy (non-hydrogen) atoms. The molecule has 0 saturated heterocycles. The van der Waals surface area contributed by atoms with Crippen LogP contribution in [-0.4, -0.2) is 36.4 Å². The first-order valence-corrected chi connectivity index (χ1v) is 7.83. The third-order valence-corrected chi connectivity index (χ3v) is 5.23. The van der Waals surface area contributed by atoms with Gasteiger partial charge in [-0.1, -0.05) is 0 Å². The summed E-state index contributed by atoms with van der Waals surface area (Å²) in [6.07, 6.45) is 1.51. The van der Waals surface area contributed by atoms with Crippen molar-refractivity contribution in [3.05, 3.63) is 23.8 Å². The largest absolute Gasteiger partial charge is 0.478 e. The Hall–Kier alpha value is -2.11. The zero-order valence-electron chi connectivity index (χ0n) is 11.2. The van der Waals surface area contributed by atoms with Gasteiger partial charge in [-0.2, -0.15) is 9.57 Å². The Bertz CT molecular complexity index is 705. The lowest BCUT2D eigenvalue weighted by atomic mass is 10.2. The lowest BCUT2D eigenvalue weighted by molar-refractivity contribution is 0.0692. The fourth-order valence-electron chi connectivity index (χ4n) is 2.09. The number of nitriles is 1. The molecule has 0 radical (unpaired) electrons. The summed E-state index contributed by atoms with van der Waals surface area (Å²) < 4.78 is 26.6. The van der Waals surface area contributed by atoms with Gasteiger partial charge in [0, 0.05) is 24.7 Å². The number of hydrogen-bond acceptors (Lipinski definition) is 5. The standard InChI is InChI=1S/C13H15N3O4S/c14-6-1-7-16(10-3-4-10)21(19,20)12-5-2-9(15)8-11(12)13(17)18/h2,5,8,10H,1,3-4,7,15H2,(H,17,18). The summed E-state index contributed by atoms with van der Waals surface area (Å²) in [6, 6.07) is 5.45. The zero-order valence-corrected chi connectivity index (χ0v) is 12.0. The first-order valence-electron chi connectivity index (χ1n) is 6.39. The Balaban J connectivity index is 2.47. The van der Waals surface area contributed by atoms with Crippen LogP contribution in [0.2, 0.25) is 0 Å². The molecule has 1 saturated carbocycles. The predicted molar refractivity (Wildman–Crippen MR) is 75.0 cm³/mol. The molecule has 0 unspecified atom stereocenters. The van der Waals surface area contributed by atoms with Gasteiger partial charge in [0.1, 0.15) is 0 Å². The zero-order chi connectivity index (χ0) is 15.6. The average molecular weight is 309 g/mol. The molecule has 3 N–H and O–H groups in total. The Labute approximate surface area is 122 Å². The number of hydrogen-bond donors (Lipinski definition) is 2. The van der Waals surface area contributed by atoms with Crippen LogP contribution in [0.25, 0.3) is 0 Å². The maximum absolute atomic E-state index is 12.7. The number of rotatable bonds is 6. The van der Waals surface area contributed by atoms with Crippen molar-refractivity contribution in [1.82, 2.24) is 4.31 Å². The SMILES string of the molecule is N#CCCN(C1CC1)S(=O)(=O)c1ccc(N)cc1C(=O)O. The van der Waals surface area contributed by atoms with E-state index < -0.39 is 16.0 Å². The molecule has 112 valence electrons. The lowest BCUT2D eigenvalue weighted by Gasteiger charge is -2.21. The van der Waals surface area contributed by atoms with Crippen molar-refractivity contribution < 1.29 is 18.3 Å². The Kier molecular flexibility index (Phi) is 4.16. The third-order valence-electron chi connectivity index (χ3n) is 3.22. The van der Waals surface area contributed by atoms with Crippen LogP contribution in [0.5, 0.6) is 0 Å². The van der Waals surface area contributed by atoms with Gasteiger partial charge in [-0.3, -0.25) is 0 Å². The molecule has 0 aromatic heterocycles. The van der Waals surface area contributed by atoms with Gasteiger partial charge >= 0.3 is 5.97 Å². The molecule has 0 heterocycles. The second-order valence-corrected chi connectivity index (χ2v) is 6.67. The summed E-state index contributed by atoms with van der Waals surface area (Å²) >= 11 is 0. The number of benzene rings is 1. The lowest BCUT2D eigenvalue weighted by Crippen LogP contribution is -2.34. The van der Waals surface area contributed by atoms with Crippen LogP contribution >= 0.6 is 0 Å². The van der Waals surface area contributed by atoms with Gasteiger partial charge in [0.2, 0.25) is 10.0 Å². The maximum atomic E-state index is 12.7. The Morgan fingerprint density at radius 3 is 2.67 bits per heavy atom. The van der Waals surface area contributed by atoms with Gasteiger partial charge in [0.05, 0.1) is 16.5 Å². The summed E-state index contributed by atoms with van der Waals surface area (Å²) in [7, 11) is -3.96. The highest BCUT2D eigenvalue weighted by molar-refractivity contribution is 7.89. The molecule has 7 nitrogen and oxygen atoms in total. The van der Waals surface area contributed by atoms with Crippen LogP contribution < -0.4 is 5.73 Å². The van der Waals surface area contributed by atoms with Crippen molar-refractivity contribution in [2.24, 2.45) is 0 Å². The van der Waals surface area contributed by atoms with Gasteiger partial charge in [-0.15, -0.1) is 0 Å². The highest BCUT2D eigenvalue weighted by atomic mass is 32.2. The summed E-state index contributed by atoms with van der Waals surface area (Å²) in [5.74, 6) is -1.35. The second kappa shape index (κ2) is 5.71. The molecule has 1 aliphatic rings. The van der Waals surface area contributed by atoms with E-state index >= 15 is 0 Å². The molecule has 1 aromatic carbocycles. The van der Waals surface area contributed by atoms with Crippen molar-refractivity contribution >= 4 is 21.7 Å². The first-order chi connectivity index (χ1) is 9.87. The molecule has 1 aromatic rings.